The first-order valence-corrected chi connectivity index (χ1v) is 9.00. The lowest BCUT2D eigenvalue weighted by Crippen LogP contribution is -2.26. The van der Waals surface area contributed by atoms with E-state index in [0.29, 0.717) is 6.54 Å². The highest BCUT2D eigenvalue weighted by Crippen LogP contribution is 2.36. The van der Waals surface area contributed by atoms with Crippen LogP contribution in [0.25, 0.3) is 5.70 Å². The molecule has 2 aromatic rings. The van der Waals surface area contributed by atoms with Crippen molar-refractivity contribution in [2.45, 2.75) is 13.8 Å². The van der Waals surface area contributed by atoms with Crippen molar-refractivity contribution in [1.29, 1.82) is 0 Å². The number of thioether (sulfide) groups is 1. The number of hydrogen-bond acceptors (Lipinski definition) is 4. The number of fused-ring (bicyclic) bond motifs is 1. The molecule has 0 aromatic heterocycles. The zero-order valence-electron chi connectivity index (χ0n) is 13.5. The third kappa shape index (κ3) is 2.76. The quantitative estimate of drug-likeness (QED) is 0.753. The van der Waals surface area contributed by atoms with E-state index in [1.165, 1.54) is 16.7 Å². The molecule has 0 amide bonds. The fraction of sp³-hybridized carbons (Fsp3) is 0.158. The number of hydrogen-bond donors (Lipinski definition) is 0. The summed E-state index contributed by atoms with van der Waals surface area (Å²) < 4.78 is 0. The first-order valence-electron chi connectivity index (χ1n) is 7.74. The van der Waals surface area contributed by atoms with Gasteiger partial charge in [-0.05, 0) is 37.1 Å². The Balaban J connectivity index is 1.71. The predicted octanol–water partition coefficient (Wildman–Crippen LogP) is 5.08. The second-order valence-corrected chi connectivity index (χ2v) is 7.18. The smallest absolute Gasteiger partial charge is 0.189 e. The Labute approximate surface area is 150 Å². The van der Waals surface area contributed by atoms with Crippen LogP contribution in [0.3, 0.4) is 0 Å². The molecule has 2 aliphatic heterocycles. The molecule has 120 valence electrons. The summed E-state index contributed by atoms with van der Waals surface area (Å²) in [5, 5.41) is 10.6. The number of hydrazone groups is 1. The number of benzene rings is 2. The Kier molecular flexibility index (Phi) is 3.94. The van der Waals surface area contributed by atoms with Gasteiger partial charge in [0, 0.05) is 16.0 Å². The second-order valence-electron chi connectivity index (χ2n) is 5.90. The molecule has 24 heavy (non-hydrogen) atoms. The molecule has 0 spiro atoms. The van der Waals surface area contributed by atoms with E-state index in [4.69, 9.17) is 16.7 Å². The van der Waals surface area contributed by atoms with Gasteiger partial charge in [-0.2, -0.15) is 5.10 Å². The van der Waals surface area contributed by atoms with Gasteiger partial charge >= 0.3 is 0 Å². The van der Waals surface area contributed by atoms with Gasteiger partial charge in [0.1, 0.15) is 0 Å². The first kappa shape index (κ1) is 15.5. The molecule has 0 unspecified atom stereocenters. The van der Waals surface area contributed by atoms with Gasteiger partial charge in [0.05, 0.1) is 18.0 Å². The van der Waals surface area contributed by atoms with Crippen molar-refractivity contribution in [3.63, 3.8) is 0 Å². The largest absolute Gasteiger partial charge is 0.254 e. The maximum Gasteiger partial charge on any atom is 0.189 e. The molecule has 0 atom stereocenters. The molecule has 4 rings (SSSR count). The van der Waals surface area contributed by atoms with Crippen LogP contribution in [0.2, 0.25) is 5.02 Å². The molecule has 0 bridgehead atoms. The van der Waals surface area contributed by atoms with Crippen LogP contribution in [-0.4, -0.2) is 22.4 Å². The SMILES string of the molecule is Cc1ccc(C2=CSC3=NCC(c4ccc(Cl)cc4)=NN23)c(C)c1. The van der Waals surface area contributed by atoms with Crippen LogP contribution in [-0.2, 0) is 0 Å². The maximum atomic E-state index is 5.98. The minimum absolute atomic E-state index is 0.592. The molecule has 0 saturated heterocycles. The highest BCUT2D eigenvalue weighted by atomic mass is 35.5. The van der Waals surface area contributed by atoms with Gasteiger partial charge < -0.3 is 0 Å². The lowest BCUT2D eigenvalue weighted by Gasteiger charge is -2.23. The minimum atomic E-state index is 0.592. The van der Waals surface area contributed by atoms with Gasteiger partial charge in [-0.25, -0.2) is 5.01 Å². The van der Waals surface area contributed by atoms with Gasteiger partial charge in [-0.15, -0.1) is 0 Å². The van der Waals surface area contributed by atoms with Crippen molar-refractivity contribution in [3.05, 3.63) is 75.1 Å². The molecule has 2 aromatic carbocycles. The monoisotopic (exact) mass is 353 g/mol. The van der Waals surface area contributed by atoms with Crippen LogP contribution in [0.15, 0.2) is 58.0 Å². The summed E-state index contributed by atoms with van der Waals surface area (Å²) in [7, 11) is 0. The number of nitrogens with zero attached hydrogens (tertiary/aromatic N) is 3. The van der Waals surface area contributed by atoms with E-state index in [2.05, 4.69) is 42.4 Å². The van der Waals surface area contributed by atoms with Gasteiger partial charge in [-0.1, -0.05) is 59.3 Å². The summed E-state index contributed by atoms with van der Waals surface area (Å²) in [6, 6.07) is 14.2. The number of rotatable bonds is 2. The van der Waals surface area contributed by atoms with Gasteiger partial charge in [0.2, 0.25) is 0 Å². The van der Waals surface area contributed by atoms with Crippen LogP contribution in [0.4, 0.5) is 0 Å². The van der Waals surface area contributed by atoms with Crippen LogP contribution in [0.1, 0.15) is 22.3 Å². The van der Waals surface area contributed by atoms with E-state index in [1.807, 2.05) is 29.3 Å². The van der Waals surface area contributed by atoms with Gasteiger partial charge in [0.25, 0.3) is 0 Å². The third-order valence-electron chi connectivity index (χ3n) is 4.11. The molecular weight excluding hydrogens is 338 g/mol. The van der Waals surface area contributed by atoms with Gasteiger partial charge in [-0.3, -0.25) is 4.99 Å². The molecule has 2 aliphatic rings. The van der Waals surface area contributed by atoms with Crippen molar-refractivity contribution in [2.75, 3.05) is 6.54 Å². The summed E-state index contributed by atoms with van der Waals surface area (Å²) in [6.45, 7) is 4.84. The zero-order chi connectivity index (χ0) is 16.7. The van der Waals surface area contributed by atoms with Crippen molar-refractivity contribution in [1.82, 2.24) is 5.01 Å². The predicted molar refractivity (Wildman–Crippen MR) is 104 cm³/mol. The number of halogens is 1. The average Bonchev–Trinajstić information content (AvgIpc) is 2.98. The lowest BCUT2D eigenvalue weighted by atomic mass is 10.0. The first-order chi connectivity index (χ1) is 11.6. The highest BCUT2D eigenvalue weighted by Gasteiger charge is 2.28. The van der Waals surface area contributed by atoms with Crippen LogP contribution in [0.5, 0.6) is 0 Å². The van der Waals surface area contributed by atoms with E-state index in [9.17, 15) is 0 Å². The summed E-state index contributed by atoms with van der Waals surface area (Å²) >= 11 is 7.61. The third-order valence-corrected chi connectivity index (χ3v) is 5.21. The molecule has 0 N–H and O–H groups in total. The highest BCUT2D eigenvalue weighted by molar-refractivity contribution is 8.16. The fourth-order valence-electron chi connectivity index (χ4n) is 2.88. The summed E-state index contributed by atoms with van der Waals surface area (Å²) in [4.78, 5) is 4.68. The standard InChI is InChI=1S/C19H16ClN3S/c1-12-3-8-16(13(2)9-12)18-11-24-19-21-10-17(22-23(18)19)14-4-6-15(20)7-5-14/h3-9,11H,10H2,1-2H3. The molecule has 2 heterocycles. The molecular formula is C19H16ClN3S. The molecule has 0 aliphatic carbocycles. The molecule has 5 heteroatoms. The van der Waals surface area contributed by atoms with Crippen LogP contribution >= 0.6 is 23.4 Å². The van der Waals surface area contributed by atoms with Crippen molar-refractivity contribution >= 4 is 39.9 Å². The number of aryl methyl sites for hydroxylation is 2. The van der Waals surface area contributed by atoms with Crippen molar-refractivity contribution in [2.24, 2.45) is 10.1 Å². The van der Waals surface area contributed by atoms with E-state index in [0.717, 1.165) is 27.2 Å². The number of amidine groups is 1. The summed E-state index contributed by atoms with van der Waals surface area (Å²) in [5.41, 5.74) is 6.80. The normalized spacial score (nSPS) is 16.5. The Morgan fingerprint density at radius 2 is 1.88 bits per heavy atom. The Morgan fingerprint density at radius 1 is 1.08 bits per heavy atom. The topological polar surface area (TPSA) is 28.0 Å². The Bertz CT molecular complexity index is 897. The zero-order valence-corrected chi connectivity index (χ0v) is 15.0. The van der Waals surface area contributed by atoms with Crippen LogP contribution in [0, 0.1) is 13.8 Å². The Hall–Kier alpha value is -2.04. The number of aliphatic imine (C=N–C) groups is 1. The Morgan fingerprint density at radius 3 is 2.62 bits per heavy atom. The molecule has 0 saturated carbocycles. The summed E-state index contributed by atoms with van der Waals surface area (Å²) in [5.74, 6) is 0. The van der Waals surface area contributed by atoms with E-state index in [-0.39, 0.29) is 0 Å². The minimum Gasteiger partial charge on any atom is -0.254 e. The van der Waals surface area contributed by atoms with E-state index < -0.39 is 0 Å². The van der Waals surface area contributed by atoms with E-state index >= 15 is 0 Å². The molecule has 0 radical (unpaired) electrons. The maximum absolute atomic E-state index is 5.98. The lowest BCUT2D eigenvalue weighted by molar-refractivity contribution is 0.632. The van der Waals surface area contributed by atoms with Gasteiger partial charge in [0.15, 0.2) is 5.17 Å². The van der Waals surface area contributed by atoms with Crippen molar-refractivity contribution < 1.29 is 0 Å². The fourth-order valence-corrected chi connectivity index (χ4v) is 3.82. The summed E-state index contributed by atoms with van der Waals surface area (Å²) in [6.07, 6.45) is 0. The molecule has 0 fully saturated rings. The van der Waals surface area contributed by atoms with Crippen LogP contribution < -0.4 is 0 Å². The second kappa shape index (κ2) is 6.11. The average molecular weight is 354 g/mol. The molecule has 3 nitrogen and oxygen atoms in total. The van der Waals surface area contributed by atoms with E-state index in [1.54, 1.807) is 11.8 Å². The van der Waals surface area contributed by atoms with Crippen molar-refractivity contribution in [3.8, 4) is 0 Å².